The maximum Gasteiger partial charge on any atom is 0.337 e. The molecule has 0 aliphatic rings. The van der Waals surface area contributed by atoms with Gasteiger partial charge in [-0.05, 0) is 40.2 Å². The zero-order valence-corrected chi connectivity index (χ0v) is 13.3. The van der Waals surface area contributed by atoms with Gasteiger partial charge in [0.25, 0.3) is 0 Å². The molecular weight excluding hydrogens is 399 g/mol. The standard InChI is InChI=1S/C12H7Br2ClN2O2/c13-6-1-2-8(14)10(3-6)17-11-4-7(12(18)19)9(15)5-16-11/h1-5H,(H,16,17)(H,18,19). The monoisotopic (exact) mass is 404 g/mol. The van der Waals surface area contributed by atoms with Gasteiger partial charge in [-0.1, -0.05) is 27.5 Å². The number of rotatable bonds is 3. The maximum atomic E-state index is 11.0. The first-order chi connectivity index (χ1) is 8.97. The van der Waals surface area contributed by atoms with Gasteiger partial charge in [-0.15, -0.1) is 0 Å². The van der Waals surface area contributed by atoms with Crippen LogP contribution in [0, 0.1) is 0 Å². The van der Waals surface area contributed by atoms with E-state index in [0.717, 1.165) is 14.6 Å². The molecule has 19 heavy (non-hydrogen) atoms. The highest BCUT2D eigenvalue weighted by atomic mass is 79.9. The van der Waals surface area contributed by atoms with E-state index in [-0.39, 0.29) is 10.6 Å². The minimum atomic E-state index is -1.09. The highest BCUT2D eigenvalue weighted by molar-refractivity contribution is 9.11. The molecule has 0 amide bonds. The summed E-state index contributed by atoms with van der Waals surface area (Å²) in [6, 6.07) is 6.98. The third kappa shape index (κ3) is 3.46. The number of anilines is 2. The van der Waals surface area contributed by atoms with Crippen molar-refractivity contribution in [1.82, 2.24) is 4.98 Å². The Kier molecular flexibility index (Phi) is 4.44. The zero-order chi connectivity index (χ0) is 14.0. The molecule has 1 heterocycles. The summed E-state index contributed by atoms with van der Waals surface area (Å²) in [5.41, 5.74) is 0.769. The molecule has 0 spiro atoms. The van der Waals surface area contributed by atoms with E-state index < -0.39 is 5.97 Å². The minimum Gasteiger partial charge on any atom is -0.478 e. The van der Waals surface area contributed by atoms with Crippen LogP contribution in [0.5, 0.6) is 0 Å². The topological polar surface area (TPSA) is 62.2 Å². The van der Waals surface area contributed by atoms with Crippen molar-refractivity contribution in [2.24, 2.45) is 0 Å². The Bertz CT molecular complexity index is 650. The first-order valence-corrected chi connectivity index (χ1v) is 7.04. The average Bonchev–Trinajstić information content (AvgIpc) is 2.36. The lowest BCUT2D eigenvalue weighted by Gasteiger charge is -2.09. The molecule has 2 rings (SSSR count). The van der Waals surface area contributed by atoms with Crippen LogP contribution >= 0.6 is 43.5 Å². The van der Waals surface area contributed by atoms with Crippen LogP contribution in [-0.2, 0) is 0 Å². The van der Waals surface area contributed by atoms with Gasteiger partial charge in [-0.3, -0.25) is 0 Å². The van der Waals surface area contributed by atoms with Gasteiger partial charge < -0.3 is 10.4 Å². The van der Waals surface area contributed by atoms with Crippen molar-refractivity contribution >= 4 is 60.9 Å². The molecule has 0 atom stereocenters. The SMILES string of the molecule is O=C(O)c1cc(Nc2cc(Br)ccc2Br)ncc1Cl. The Morgan fingerprint density at radius 3 is 2.74 bits per heavy atom. The molecule has 4 nitrogen and oxygen atoms in total. The number of aromatic carboxylic acids is 1. The Morgan fingerprint density at radius 1 is 1.32 bits per heavy atom. The summed E-state index contributed by atoms with van der Waals surface area (Å²) in [5, 5.41) is 12.1. The lowest BCUT2D eigenvalue weighted by Crippen LogP contribution is -2.01. The van der Waals surface area contributed by atoms with E-state index in [1.165, 1.54) is 12.3 Å². The number of benzene rings is 1. The van der Waals surface area contributed by atoms with Crippen LogP contribution in [-0.4, -0.2) is 16.1 Å². The minimum absolute atomic E-state index is 0.00489. The molecule has 7 heteroatoms. The molecule has 2 N–H and O–H groups in total. The molecule has 0 unspecified atom stereocenters. The molecule has 0 radical (unpaired) electrons. The van der Waals surface area contributed by atoms with Gasteiger partial charge in [0.1, 0.15) is 5.82 Å². The summed E-state index contributed by atoms with van der Waals surface area (Å²) >= 11 is 12.5. The fraction of sp³-hybridized carbons (Fsp3) is 0. The van der Waals surface area contributed by atoms with Crippen LogP contribution in [0.3, 0.4) is 0 Å². The van der Waals surface area contributed by atoms with Gasteiger partial charge in [0.05, 0.1) is 16.3 Å². The number of halogens is 3. The molecular formula is C12H7Br2ClN2O2. The predicted molar refractivity (Wildman–Crippen MR) is 81.3 cm³/mol. The van der Waals surface area contributed by atoms with E-state index in [0.29, 0.717) is 5.82 Å². The summed E-state index contributed by atoms with van der Waals surface area (Å²) in [6.07, 6.45) is 1.30. The van der Waals surface area contributed by atoms with Crippen LogP contribution in [0.2, 0.25) is 5.02 Å². The second-order valence-electron chi connectivity index (χ2n) is 3.60. The number of hydrogen-bond acceptors (Lipinski definition) is 3. The summed E-state index contributed by atoms with van der Waals surface area (Å²) in [6.45, 7) is 0. The van der Waals surface area contributed by atoms with Gasteiger partial charge in [-0.2, -0.15) is 0 Å². The van der Waals surface area contributed by atoms with Gasteiger partial charge >= 0.3 is 5.97 Å². The maximum absolute atomic E-state index is 11.0. The molecule has 98 valence electrons. The molecule has 0 saturated heterocycles. The van der Waals surface area contributed by atoms with Crippen molar-refractivity contribution in [2.75, 3.05) is 5.32 Å². The third-order valence-electron chi connectivity index (χ3n) is 2.28. The van der Waals surface area contributed by atoms with E-state index in [2.05, 4.69) is 42.2 Å². The number of aromatic nitrogens is 1. The van der Waals surface area contributed by atoms with Crippen molar-refractivity contribution < 1.29 is 9.90 Å². The van der Waals surface area contributed by atoms with E-state index >= 15 is 0 Å². The van der Waals surface area contributed by atoms with Crippen molar-refractivity contribution in [3.63, 3.8) is 0 Å². The second-order valence-corrected chi connectivity index (χ2v) is 5.78. The van der Waals surface area contributed by atoms with Gasteiger partial charge in [0, 0.05) is 15.1 Å². The van der Waals surface area contributed by atoms with Gasteiger partial charge in [0.2, 0.25) is 0 Å². The van der Waals surface area contributed by atoms with E-state index in [1.54, 1.807) is 0 Å². The van der Waals surface area contributed by atoms with Crippen LogP contribution in [0.1, 0.15) is 10.4 Å². The van der Waals surface area contributed by atoms with Gasteiger partial charge in [-0.25, -0.2) is 9.78 Å². The number of carbonyl (C=O) groups is 1. The first-order valence-electron chi connectivity index (χ1n) is 5.08. The lowest BCUT2D eigenvalue weighted by molar-refractivity contribution is 0.0697. The van der Waals surface area contributed by atoms with Crippen LogP contribution < -0.4 is 5.32 Å². The van der Waals surface area contributed by atoms with Crippen molar-refractivity contribution in [3.05, 3.63) is 50.0 Å². The molecule has 2 aromatic rings. The smallest absolute Gasteiger partial charge is 0.337 e. The largest absolute Gasteiger partial charge is 0.478 e. The van der Waals surface area contributed by atoms with Crippen LogP contribution in [0.4, 0.5) is 11.5 Å². The summed E-state index contributed by atoms with van der Waals surface area (Å²) in [5.74, 6) is -0.690. The normalized spacial score (nSPS) is 10.3. The first kappa shape index (κ1) is 14.3. The van der Waals surface area contributed by atoms with Crippen molar-refractivity contribution in [3.8, 4) is 0 Å². The van der Waals surface area contributed by atoms with E-state index in [9.17, 15) is 4.79 Å². The Morgan fingerprint density at radius 2 is 2.05 bits per heavy atom. The Balaban J connectivity index is 2.36. The highest BCUT2D eigenvalue weighted by Gasteiger charge is 2.11. The fourth-order valence-electron chi connectivity index (χ4n) is 1.40. The fourth-order valence-corrected chi connectivity index (χ4v) is 2.29. The number of hydrogen-bond donors (Lipinski definition) is 2. The summed E-state index contributed by atoms with van der Waals surface area (Å²) in [4.78, 5) is 15.0. The van der Waals surface area contributed by atoms with Crippen LogP contribution in [0.25, 0.3) is 0 Å². The average molecular weight is 406 g/mol. The molecule has 1 aromatic carbocycles. The molecule has 0 fully saturated rings. The molecule has 0 aliphatic heterocycles. The molecule has 0 saturated carbocycles. The number of carboxylic acids is 1. The lowest BCUT2D eigenvalue weighted by atomic mass is 10.2. The quantitative estimate of drug-likeness (QED) is 0.776. The van der Waals surface area contributed by atoms with Crippen molar-refractivity contribution in [2.45, 2.75) is 0 Å². The number of carboxylic acid groups (broad SMARTS) is 1. The van der Waals surface area contributed by atoms with Crippen molar-refractivity contribution in [1.29, 1.82) is 0 Å². The van der Waals surface area contributed by atoms with E-state index in [4.69, 9.17) is 16.7 Å². The Hall–Kier alpha value is -1.11. The van der Waals surface area contributed by atoms with Gasteiger partial charge in [0.15, 0.2) is 0 Å². The number of nitrogens with zero attached hydrogens (tertiary/aromatic N) is 1. The summed E-state index contributed by atoms with van der Waals surface area (Å²) < 4.78 is 1.73. The third-order valence-corrected chi connectivity index (χ3v) is 3.76. The number of nitrogens with one attached hydrogen (secondary N) is 1. The summed E-state index contributed by atoms with van der Waals surface area (Å²) in [7, 11) is 0. The second kappa shape index (κ2) is 5.90. The van der Waals surface area contributed by atoms with Crippen LogP contribution in [0.15, 0.2) is 39.4 Å². The molecule has 0 bridgehead atoms. The number of pyridine rings is 1. The molecule has 1 aromatic heterocycles. The predicted octanol–water partition coefficient (Wildman–Crippen LogP) is 4.70. The molecule has 0 aliphatic carbocycles. The zero-order valence-electron chi connectivity index (χ0n) is 9.32. The Labute approximate surface area is 131 Å². The highest BCUT2D eigenvalue weighted by Crippen LogP contribution is 2.29. The van der Waals surface area contributed by atoms with E-state index in [1.807, 2.05) is 18.2 Å².